The highest BCUT2D eigenvalue weighted by Gasteiger charge is 2.27. The third kappa shape index (κ3) is 5.03. The Morgan fingerprint density at radius 3 is 2.53 bits per heavy atom. The molecule has 19 heavy (non-hydrogen) atoms. The van der Waals surface area contributed by atoms with E-state index in [2.05, 4.69) is 21.2 Å². The van der Waals surface area contributed by atoms with E-state index in [1.165, 1.54) is 0 Å². The van der Waals surface area contributed by atoms with Crippen molar-refractivity contribution < 1.29 is 14.7 Å². The van der Waals surface area contributed by atoms with Gasteiger partial charge in [0.05, 0.1) is 12.8 Å². The summed E-state index contributed by atoms with van der Waals surface area (Å²) in [5.41, 5.74) is 0.179. The average molecular weight is 328 g/mol. The topological polar surface area (TPSA) is 66.4 Å². The number of carbonyl (C=O) groups is 2. The highest BCUT2D eigenvalue weighted by Crippen LogP contribution is 2.18. The zero-order chi connectivity index (χ0) is 14.5. The highest BCUT2D eigenvalue weighted by atomic mass is 79.9. The minimum Gasteiger partial charge on any atom is -0.481 e. The summed E-state index contributed by atoms with van der Waals surface area (Å²) < 4.78 is 0.876. The third-order valence-electron chi connectivity index (χ3n) is 3.07. The lowest BCUT2D eigenvalue weighted by molar-refractivity contribution is -0.139. The van der Waals surface area contributed by atoms with Gasteiger partial charge in [0, 0.05) is 10.0 Å². The molecule has 0 spiro atoms. The normalized spacial score (nSPS) is 13.6. The number of halogens is 1. The van der Waals surface area contributed by atoms with Gasteiger partial charge in [0.2, 0.25) is 5.91 Å². The summed E-state index contributed by atoms with van der Waals surface area (Å²) in [5, 5.41) is 11.7. The number of hydrogen-bond acceptors (Lipinski definition) is 2. The van der Waals surface area contributed by atoms with Crippen LogP contribution in [0.3, 0.4) is 0 Å². The van der Waals surface area contributed by atoms with Crippen LogP contribution in [0.15, 0.2) is 28.7 Å². The fourth-order valence-corrected chi connectivity index (χ4v) is 2.21. The SMILES string of the molecule is CC[C@@](C)(CC(=O)O)NC(=O)Cc1ccccc1Br. The molecule has 0 unspecified atom stereocenters. The molecule has 1 atom stereocenters. The molecule has 0 bridgehead atoms. The van der Waals surface area contributed by atoms with Crippen LogP contribution in [0.25, 0.3) is 0 Å². The zero-order valence-corrected chi connectivity index (χ0v) is 12.7. The van der Waals surface area contributed by atoms with Gasteiger partial charge < -0.3 is 10.4 Å². The van der Waals surface area contributed by atoms with Gasteiger partial charge in [0.1, 0.15) is 0 Å². The Kier molecular flexibility index (Phi) is 5.54. The van der Waals surface area contributed by atoms with Gasteiger partial charge in [0.25, 0.3) is 0 Å². The van der Waals surface area contributed by atoms with Gasteiger partial charge in [-0.1, -0.05) is 41.1 Å². The molecule has 4 nitrogen and oxygen atoms in total. The molecule has 0 heterocycles. The molecule has 104 valence electrons. The number of rotatable bonds is 6. The van der Waals surface area contributed by atoms with Crippen LogP contribution in [-0.2, 0) is 16.0 Å². The lowest BCUT2D eigenvalue weighted by Crippen LogP contribution is -2.47. The van der Waals surface area contributed by atoms with Crippen LogP contribution >= 0.6 is 15.9 Å². The Hall–Kier alpha value is -1.36. The summed E-state index contributed by atoms with van der Waals surface area (Å²) in [7, 11) is 0. The van der Waals surface area contributed by atoms with Crippen LogP contribution in [0.5, 0.6) is 0 Å². The first-order valence-electron chi connectivity index (χ1n) is 6.12. The van der Waals surface area contributed by atoms with Gasteiger partial charge in [-0.05, 0) is 25.0 Å². The Morgan fingerprint density at radius 1 is 1.37 bits per heavy atom. The van der Waals surface area contributed by atoms with Crippen LogP contribution in [0, 0.1) is 0 Å². The molecule has 1 aromatic rings. The van der Waals surface area contributed by atoms with Crippen LogP contribution < -0.4 is 5.32 Å². The van der Waals surface area contributed by atoms with Crippen molar-refractivity contribution in [2.75, 3.05) is 0 Å². The molecule has 2 N–H and O–H groups in total. The van der Waals surface area contributed by atoms with Gasteiger partial charge in [-0.15, -0.1) is 0 Å². The van der Waals surface area contributed by atoms with Gasteiger partial charge in [-0.3, -0.25) is 9.59 Å². The lowest BCUT2D eigenvalue weighted by Gasteiger charge is -2.28. The number of hydrogen-bond donors (Lipinski definition) is 2. The number of benzene rings is 1. The van der Waals surface area contributed by atoms with Gasteiger partial charge in [0.15, 0.2) is 0 Å². The molecular formula is C14H18BrNO3. The minimum absolute atomic E-state index is 0.0782. The maximum atomic E-state index is 12.0. The molecule has 0 aromatic heterocycles. The maximum Gasteiger partial charge on any atom is 0.305 e. The van der Waals surface area contributed by atoms with E-state index in [9.17, 15) is 9.59 Å². The van der Waals surface area contributed by atoms with Gasteiger partial charge in [-0.25, -0.2) is 0 Å². The molecular weight excluding hydrogens is 310 g/mol. The molecule has 1 amide bonds. The van der Waals surface area contributed by atoms with Crippen LogP contribution in [0.1, 0.15) is 32.3 Å². The second-order valence-electron chi connectivity index (χ2n) is 4.80. The van der Waals surface area contributed by atoms with Crippen molar-refractivity contribution in [3.8, 4) is 0 Å². The molecule has 0 fully saturated rings. The number of carbonyl (C=O) groups excluding carboxylic acids is 1. The number of nitrogens with one attached hydrogen (secondary N) is 1. The second-order valence-corrected chi connectivity index (χ2v) is 5.66. The van der Waals surface area contributed by atoms with Crippen molar-refractivity contribution in [2.24, 2.45) is 0 Å². The van der Waals surface area contributed by atoms with E-state index in [0.29, 0.717) is 6.42 Å². The third-order valence-corrected chi connectivity index (χ3v) is 3.85. The number of aliphatic carboxylic acids is 1. The molecule has 0 saturated carbocycles. The molecule has 1 aromatic carbocycles. The van der Waals surface area contributed by atoms with Crippen molar-refractivity contribution in [2.45, 2.75) is 38.6 Å². The quantitative estimate of drug-likeness (QED) is 0.844. The predicted molar refractivity (Wildman–Crippen MR) is 76.9 cm³/mol. The number of carboxylic acid groups (broad SMARTS) is 1. The molecule has 0 aliphatic rings. The average Bonchev–Trinajstić information content (AvgIpc) is 2.31. The standard InChI is InChI=1S/C14H18BrNO3/c1-3-14(2,9-13(18)19)16-12(17)8-10-6-4-5-7-11(10)15/h4-7H,3,8-9H2,1-2H3,(H,16,17)(H,18,19)/t14-/m0/s1. The Labute approximate surface area is 121 Å². The largest absolute Gasteiger partial charge is 0.481 e. The Bertz CT molecular complexity index is 476. The van der Waals surface area contributed by atoms with E-state index in [0.717, 1.165) is 10.0 Å². The first kappa shape index (κ1) is 15.7. The maximum absolute atomic E-state index is 12.0. The summed E-state index contributed by atoms with van der Waals surface area (Å²) in [6, 6.07) is 7.48. The molecule has 0 radical (unpaired) electrons. The second kappa shape index (κ2) is 6.70. The smallest absolute Gasteiger partial charge is 0.305 e. The lowest BCUT2D eigenvalue weighted by atomic mass is 9.94. The van der Waals surface area contributed by atoms with Gasteiger partial charge >= 0.3 is 5.97 Å². The minimum atomic E-state index is -0.912. The van der Waals surface area contributed by atoms with E-state index in [-0.39, 0.29) is 18.7 Å². The van der Waals surface area contributed by atoms with Crippen LogP contribution in [0.4, 0.5) is 0 Å². The van der Waals surface area contributed by atoms with Crippen molar-refractivity contribution >= 4 is 27.8 Å². The summed E-state index contributed by atoms with van der Waals surface area (Å²) in [6.07, 6.45) is 0.725. The molecule has 0 aliphatic carbocycles. The van der Waals surface area contributed by atoms with Crippen molar-refractivity contribution in [3.05, 3.63) is 34.3 Å². The summed E-state index contributed by atoms with van der Waals surface area (Å²) in [6.45, 7) is 3.61. The van der Waals surface area contributed by atoms with Gasteiger partial charge in [-0.2, -0.15) is 0 Å². The van der Waals surface area contributed by atoms with E-state index < -0.39 is 11.5 Å². The molecule has 1 rings (SSSR count). The summed E-state index contributed by atoms with van der Waals surface area (Å²) in [5.74, 6) is -1.08. The summed E-state index contributed by atoms with van der Waals surface area (Å²) in [4.78, 5) is 22.8. The van der Waals surface area contributed by atoms with Crippen molar-refractivity contribution in [3.63, 3.8) is 0 Å². The van der Waals surface area contributed by atoms with Crippen LogP contribution in [0.2, 0.25) is 0 Å². The number of amides is 1. The molecule has 5 heteroatoms. The summed E-state index contributed by atoms with van der Waals surface area (Å²) >= 11 is 3.39. The van der Waals surface area contributed by atoms with Crippen molar-refractivity contribution in [1.29, 1.82) is 0 Å². The van der Waals surface area contributed by atoms with E-state index >= 15 is 0 Å². The van der Waals surface area contributed by atoms with Crippen LogP contribution in [-0.4, -0.2) is 22.5 Å². The fourth-order valence-electron chi connectivity index (χ4n) is 1.79. The van der Waals surface area contributed by atoms with E-state index in [4.69, 9.17) is 5.11 Å². The van der Waals surface area contributed by atoms with E-state index in [1.807, 2.05) is 31.2 Å². The van der Waals surface area contributed by atoms with Crippen molar-refractivity contribution in [1.82, 2.24) is 5.32 Å². The monoisotopic (exact) mass is 327 g/mol. The zero-order valence-electron chi connectivity index (χ0n) is 11.1. The fraction of sp³-hybridized carbons (Fsp3) is 0.429. The Balaban J connectivity index is 2.69. The van der Waals surface area contributed by atoms with E-state index in [1.54, 1.807) is 6.92 Å². The highest BCUT2D eigenvalue weighted by molar-refractivity contribution is 9.10. The predicted octanol–water partition coefficient (Wildman–Crippen LogP) is 2.75. The number of carboxylic acids is 1. The first-order chi connectivity index (χ1) is 8.86. The molecule has 0 saturated heterocycles. The first-order valence-corrected chi connectivity index (χ1v) is 6.92. The Morgan fingerprint density at radius 2 is 2.00 bits per heavy atom. The molecule has 0 aliphatic heterocycles.